The molecule has 0 radical (unpaired) electrons. The molecule has 1 fully saturated rings. The van der Waals surface area contributed by atoms with Gasteiger partial charge in [-0.3, -0.25) is 14.9 Å². The Morgan fingerprint density at radius 1 is 1.15 bits per heavy atom. The van der Waals surface area contributed by atoms with Gasteiger partial charge in [0.2, 0.25) is 0 Å². The number of carbonyl (C=O) groups excluding carboxylic acids is 1. The van der Waals surface area contributed by atoms with Crippen molar-refractivity contribution in [3.05, 3.63) is 57.0 Å². The van der Waals surface area contributed by atoms with E-state index in [2.05, 4.69) is 5.32 Å². The molecule has 2 heterocycles. The molecule has 1 aromatic heterocycles. The van der Waals surface area contributed by atoms with Crippen LogP contribution < -0.4 is 5.32 Å². The molecule has 142 valence electrons. The van der Waals surface area contributed by atoms with Crippen LogP contribution in [-0.4, -0.2) is 51.9 Å². The van der Waals surface area contributed by atoms with Gasteiger partial charge in [0.25, 0.3) is 5.91 Å². The number of piperazine rings is 1. The third-order valence-corrected chi connectivity index (χ3v) is 5.39. The van der Waals surface area contributed by atoms with Crippen molar-refractivity contribution < 1.29 is 18.5 Å². The number of amides is 1. The minimum atomic E-state index is -0.745. The highest BCUT2D eigenvalue weighted by atomic mass is 32.1. The Morgan fingerprint density at radius 2 is 1.81 bits per heavy atom. The Morgan fingerprint density at radius 3 is 2.41 bits per heavy atom. The van der Waals surface area contributed by atoms with Crippen molar-refractivity contribution in [1.82, 2.24) is 9.80 Å². The minimum absolute atomic E-state index is 0.0748. The van der Waals surface area contributed by atoms with E-state index < -0.39 is 16.6 Å². The third-order valence-electron chi connectivity index (χ3n) is 4.01. The van der Waals surface area contributed by atoms with Crippen molar-refractivity contribution in [2.75, 3.05) is 31.5 Å². The first kappa shape index (κ1) is 19.1. The van der Waals surface area contributed by atoms with Crippen molar-refractivity contribution in [2.24, 2.45) is 0 Å². The fourth-order valence-electron chi connectivity index (χ4n) is 2.59. The van der Waals surface area contributed by atoms with Crippen molar-refractivity contribution in [1.29, 1.82) is 0 Å². The molecule has 0 bridgehead atoms. The van der Waals surface area contributed by atoms with Gasteiger partial charge in [0.15, 0.2) is 5.11 Å². The number of thiophene rings is 1. The zero-order valence-corrected chi connectivity index (χ0v) is 15.5. The minimum Gasteiger partial charge on any atom is -0.345 e. The Hall–Kier alpha value is -2.66. The molecule has 0 unspecified atom stereocenters. The number of hydrogen-bond donors (Lipinski definition) is 1. The molecular formula is C16H14F2N4O3S2. The van der Waals surface area contributed by atoms with Gasteiger partial charge in [0.1, 0.15) is 11.6 Å². The monoisotopic (exact) mass is 412 g/mol. The molecule has 27 heavy (non-hydrogen) atoms. The first-order valence-electron chi connectivity index (χ1n) is 7.89. The van der Waals surface area contributed by atoms with Crippen LogP contribution in [0.2, 0.25) is 0 Å². The summed E-state index contributed by atoms with van der Waals surface area (Å²) >= 11 is 6.10. The summed E-state index contributed by atoms with van der Waals surface area (Å²) in [6.07, 6.45) is 0. The number of nitrogens with zero attached hydrogens (tertiary/aromatic N) is 3. The van der Waals surface area contributed by atoms with E-state index in [1.807, 2.05) is 0 Å². The van der Waals surface area contributed by atoms with Crippen molar-refractivity contribution >= 4 is 45.3 Å². The highest BCUT2D eigenvalue weighted by Gasteiger charge is 2.26. The number of rotatable bonds is 3. The van der Waals surface area contributed by atoms with E-state index in [0.717, 1.165) is 23.5 Å². The van der Waals surface area contributed by atoms with Gasteiger partial charge in [-0.2, -0.15) is 0 Å². The third kappa shape index (κ3) is 4.37. The molecule has 3 rings (SSSR count). The number of nitrogens with one attached hydrogen (secondary N) is 1. The fraction of sp³-hybridized carbons (Fsp3) is 0.250. The number of anilines is 1. The fourth-order valence-corrected chi connectivity index (χ4v) is 3.68. The molecule has 1 aliphatic heterocycles. The van der Waals surface area contributed by atoms with Crippen LogP contribution in [0.15, 0.2) is 30.3 Å². The van der Waals surface area contributed by atoms with Crippen LogP contribution in [0, 0.1) is 21.7 Å². The molecule has 0 aliphatic carbocycles. The second kappa shape index (κ2) is 7.92. The molecule has 1 amide bonds. The van der Waals surface area contributed by atoms with Crippen molar-refractivity contribution in [3.63, 3.8) is 0 Å². The molecule has 11 heteroatoms. The summed E-state index contributed by atoms with van der Waals surface area (Å²) in [6, 6.07) is 5.92. The highest BCUT2D eigenvalue weighted by Crippen LogP contribution is 2.25. The molecule has 0 saturated carbocycles. The van der Waals surface area contributed by atoms with Gasteiger partial charge in [0.05, 0.1) is 15.5 Å². The van der Waals surface area contributed by atoms with Gasteiger partial charge in [-0.25, -0.2) is 8.78 Å². The lowest BCUT2D eigenvalue weighted by atomic mass is 10.3. The van der Waals surface area contributed by atoms with Crippen LogP contribution in [0.5, 0.6) is 0 Å². The summed E-state index contributed by atoms with van der Waals surface area (Å²) in [7, 11) is 0. The predicted molar refractivity (Wildman–Crippen MR) is 101 cm³/mol. The van der Waals surface area contributed by atoms with Gasteiger partial charge < -0.3 is 15.1 Å². The SMILES string of the molecule is O=C(c1ccc([N+](=O)[O-])s1)N1CCN(C(=S)Nc2ccc(F)cc2F)CC1. The van der Waals surface area contributed by atoms with Crippen LogP contribution in [0.1, 0.15) is 9.67 Å². The lowest BCUT2D eigenvalue weighted by Gasteiger charge is -2.36. The Labute approximate surface area is 162 Å². The van der Waals surface area contributed by atoms with Gasteiger partial charge in [-0.15, -0.1) is 0 Å². The van der Waals surface area contributed by atoms with Gasteiger partial charge >= 0.3 is 5.00 Å². The largest absolute Gasteiger partial charge is 0.345 e. The molecule has 0 spiro atoms. The molecule has 1 saturated heterocycles. The van der Waals surface area contributed by atoms with Crippen molar-refractivity contribution in [2.45, 2.75) is 0 Å². The number of thiocarbonyl (C=S) groups is 1. The zero-order chi connectivity index (χ0) is 19.6. The Kier molecular flexibility index (Phi) is 5.61. The summed E-state index contributed by atoms with van der Waals surface area (Å²) in [4.78, 5) is 26.3. The Balaban J connectivity index is 1.56. The number of hydrogen-bond acceptors (Lipinski definition) is 5. The molecule has 7 nitrogen and oxygen atoms in total. The van der Waals surface area contributed by atoms with Gasteiger partial charge in [-0.05, 0) is 30.4 Å². The lowest BCUT2D eigenvalue weighted by Crippen LogP contribution is -2.51. The van der Waals surface area contributed by atoms with Gasteiger partial charge in [-0.1, -0.05) is 11.3 Å². The van der Waals surface area contributed by atoms with E-state index in [9.17, 15) is 23.7 Å². The average molecular weight is 412 g/mol. The van der Waals surface area contributed by atoms with Crippen LogP contribution in [-0.2, 0) is 0 Å². The average Bonchev–Trinajstić information content (AvgIpc) is 3.14. The summed E-state index contributed by atoms with van der Waals surface area (Å²) < 4.78 is 26.7. The van der Waals surface area contributed by atoms with E-state index in [1.165, 1.54) is 18.2 Å². The first-order chi connectivity index (χ1) is 12.8. The molecule has 1 N–H and O–H groups in total. The number of halogens is 2. The standard InChI is InChI=1S/C16H14F2N4O3S2/c17-10-1-2-12(11(18)9-10)19-16(26)21-7-5-20(6-8-21)15(23)13-3-4-14(27-13)22(24)25/h1-4,9H,5-8H2,(H,19,26). The second-order valence-corrected chi connectivity index (χ2v) is 7.18. The highest BCUT2D eigenvalue weighted by molar-refractivity contribution is 7.80. The van der Waals surface area contributed by atoms with Gasteiger partial charge in [0, 0.05) is 38.3 Å². The summed E-state index contributed by atoms with van der Waals surface area (Å²) in [5.41, 5.74) is 0.0748. The van der Waals surface area contributed by atoms with E-state index >= 15 is 0 Å². The molecule has 0 atom stereocenters. The zero-order valence-electron chi connectivity index (χ0n) is 13.9. The van der Waals surface area contributed by atoms with Crippen LogP contribution >= 0.6 is 23.6 Å². The second-order valence-electron chi connectivity index (χ2n) is 5.73. The maximum Gasteiger partial charge on any atom is 0.324 e. The van der Waals surface area contributed by atoms with E-state index in [-0.39, 0.29) is 21.7 Å². The maximum absolute atomic E-state index is 13.7. The van der Waals surface area contributed by atoms with E-state index in [1.54, 1.807) is 9.80 Å². The first-order valence-corrected chi connectivity index (χ1v) is 9.12. The number of nitro groups is 1. The maximum atomic E-state index is 13.7. The molecule has 2 aromatic rings. The van der Waals surface area contributed by atoms with E-state index in [0.29, 0.717) is 31.1 Å². The smallest absolute Gasteiger partial charge is 0.324 e. The Bertz CT molecular complexity index is 898. The summed E-state index contributed by atoms with van der Waals surface area (Å²) in [6.45, 7) is 1.60. The molecule has 1 aliphatic rings. The molecular weight excluding hydrogens is 398 g/mol. The van der Waals surface area contributed by atoms with Crippen molar-refractivity contribution in [3.8, 4) is 0 Å². The van der Waals surface area contributed by atoms with Crippen LogP contribution in [0.25, 0.3) is 0 Å². The quantitative estimate of drug-likeness (QED) is 0.474. The van der Waals surface area contributed by atoms with E-state index in [4.69, 9.17) is 12.2 Å². The van der Waals surface area contributed by atoms with Crippen LogP contribution in [0.4, 0.5) is 19.5 Å². The molecule has 1 aromatic carbocycles. The normalized spacial score (nSPS) is 14.1. The topological polar surface area (TPSA) is 78.7 Å². The predicted octanol–water partition coefficient (Wildman–Crippen LogP) is 3.09. The number of carbonyl (C=O) groups is 1. The number of benzene rings is 1. The summed E-state index contributed by atoms with van der Waals surface area (Å²) in [5.74, 6) is -1.69. The lowest BCUT2D eigenvalue weighted by molar-refractivity contribution is -0.380. The van der Waals surface area contributed by atoms with Crippen LogP contribution in [0.3, 0.4) is 0 Å². The summed E-state index contributed by atoms with van der Waals surface area (Å²) in [5, 5.41) is 13.7.